The van der Waals surface area contributed by atoms with Gasteiger partial charge < -0.3 is 14.2 Å². The summed E-state index contributed by atoms with van der Waals surface area (Å²) in [7, 11) is 1.93. The van der Waals surface area contributed by atoms with E-state index in [0.29, 0.717) is 6.54 Å². The van der Waals surface area contributed by atoms with Gasteiger partial charge in [0.15, 0.2) is 0 Å². The topological polar surface area (TPSA) is 60.2 Å². The number of piperidine rings is 1. The van der Waals surface area contributed by atoms with E-state index in [1.54, 1.807) is 11.2 Å². The Labute approximate surface area is 113 Å². The first-order chi connectivity index (χ1) is 8.87. The minimum atomic E-state index is -0.450. The van der Waals surface area contributed by atoms with E-state index >= 15 is 0 Å². The molecular formula is C13H22N4O2. The Kier molecular flexibility index (Phi) is 3.78. The summed E-state index contributed by atoms with van der Waals surface area (Å²) in [4.78, 5) is 13.8. The Morgan fingerprint density at radius 2 is 2.21 bits per heavy atom. The van der Waals surface area contributed by atoms with Crippen LogP contribution in [0, 0.1) is 0 Å². The van der Waals surface area contributed by atoms with Crippen molar-refractivity contribution in [1.82, 2.24) is 19.7 Å². The molecule has 19 heavy (non-hydrogen) atoms. The number of hydrogen-bond acceptors (Lipinski definition) is 4. The summed E-state index contributed by atoms with van der Waals surface area (Å²) in [6, 6.07) is 0. The Hall–Kier alpha value is -1.59. The van der Waals surface area contributed by atoms with Gasteiger partial charge >= 0.3 is 6.09 Å². The van der Waals surface area contributed by atoms with Crippen molar-refractivity contribution < 1.29 is 9.53 Å². The summed E-state index contributed by atoms with van der Waals surface area (Å²) in [5, 5.41) is 8.05. The van der Waals surface area contributed by atoms with Crippen molar-refractivity contribution in [2.45, 2.75) is 45.1 Å². The molecule has 1 amide bonds. The van der Waals surface area contributed by atoms with E-state index in [0.717, 1.165) is 25.2 Å². The Morgan fingerprint density at radius 3 is 2.79 bits per heavy atom. The van der Waals surface area contributed by atoms with Gasteiger partial charge in [-0.15, -0.1) is 10.2 Å². The van der Waals surface area contributed by atoms with Gasteiger partial charge in [-0.1, -0.05) is 0 Å². The largest absolute Gasteiger partial charge is 0.444 e. The predicted octanol–water partition coefficient (Wildman–Crippen LogP) is 1.93. The molecule has 1 aromatic heterocycles. The molecule has 1 saturated heterocycles. The number of ether oxygens (including phenoxy) is 1. The smallest absolute Gasteiger partial charge is 0.410 e. The van der Waals surface area contributed by atoms with Gasteiger partial charge in [-0.2, -0.15) is 0 Å². The third kappa shape index (κ3) is 3.45. The standard InChI is InChI=1S/C13H22N4O2/c1-13(2,3)19-12(18)17-7-5-6-10(8-17)11-15-14-9-16(11)4/h9-10H,5-8H2,1-4H3. The Bertz CT molecular complexity index is 450. The third-order valence-corrected chi connectivity index (χ3v) is 3.18. The summed E-state index contributed by atoms with van der Waals surface area (Å²) in [6.45, 7) is 7.06. The minimum Gasteiger partial charge on any atom is -0.444 e. The monoisotopic (exact) mass is 266 g/mol. The summed E-state index contributed by atoms with van der Waals surface area (Å²) in [5.41, 5.74) is -0.450. The van der Waals surface area contributed by atoms with Crippen molar-refractivity contribution in [3.05, 3.63) is 12.2 Å². The zero-order valence-electron chi connectivity index (χ0n) is 12.1. The highest BCUT2D eigenvalue weighted by Crippen LogP contribution is 2.26. The number of aromatic nitrogens is 3. The van der Waals surface area contributed by atoms with E-state index in [-0.39, 0.29) is 12.0 Å². The van der Waals surface area contributed by atoms with Crippen molar-refractivity contribution in [3.8, 4) is 0 Å². The van der Waals surface area contributed by atoms with Gasteiger partial charge in [-0.3, -0.25) is 0 Å². The minimum absolute atomic E-state index is 0.237. The predicted molar refractivity (Wildman–Crippen MR) is 70.8 cm³/mol. The lowest BCUT2D eigenvalue weighted by Crippen LogP contribution is -2.42. The molecule has 6 nitrogen and oxygen atoms in total. The highest BCUT2D eigenvalue weighted by atomic mass is 16.6. The summed E-state index contributed by atoms with van der Waals surface area (Å²) < 4.78 is 7.34. The highest BCUT2D eigenvalue weighted by molar-refractivity contribution is 5.68. The van der Waals surface area contributed by atoms with Crippen LogP contribution in [0.3, 0.4) is 0 Å². The Balaban J connectivity index is 2.01. The van der Waals surface area contributed by atoms with Gasteiger partial charge in [0, 0.05) is 26.1 Å². The molecule has 2 heterocycles. The number of hydrogen-bond donors (Lipinski definition) is 0. The highest BCUT2D eigenvalue weighted by Gasteiger charge is 2.30. The number of carbonyl (C=O) groups is 1. The van der Waals surface area contributed by atoms with E-state index in [4.69, 9.17) is 4.74 Å². The molecule has 0 spiro atoms. The molecule has 0 aromatic carbocycles. The molecule has 1 fully saturated rings. The second-order valence-corrected chi connectivity index (χ2v) is 6.07. The number of rotatable bonds is 1. The lowest BCUT2D eigenvalue weighted by atomic mass is 9.97. The molecule has 1 aromatic rings. The molecule has 6 heteroatoms. The fourth-order valence-corrected chi connectivity index (χ4v) is 2.34. The average molecular weight is 266 g/mol. The van der Waals surface area contributed by atoms with E-state index in [1.807, 2.05) is 32.4 Å². The van der Waals surface area contributed by atoms with Crippen LogP contribution in [0.5, 0.6) is 0 Å². The maximum absolute atomic E-state index is 12.1. The second kappa shape index (κ2) is 5.19. The van der Waals surface area contributed by atoms with Crippen LogP contribution in [0.1, 0.15) is 45.4 Å². The zero-order valence-corrected chi connectivity index (χ0v) is 12.1. The van der Waals surface area contributed by atoms with E-state index in [9.17, 15) is 4.79 Å². The van der Waals surface area contributed by atoms with Crippen molar-refractivity contribution in [3.63, 3.8) is 0 Å². The molecule has 1 unspecified atom stereocenters. The van der Waals surface area contributed by atoms with Crippen LogP contribution >= 0.6 is 0 Å². The Morgan fingerprint density at radius 1 is 1.47 bits per heavy atom. The molecular weight excluding hydrogens is 244 g/mol. The van der Waals surface area contributed by atoms with Crippen molar-refractivity contribution in [1.29, 1.82) is 0 Å². The first-order valence-corrected chi connectivity index (χ1v) is 6.68. The van der Waals surface area contributed by atoms with Crippen molar-refractivity contribution in [2.24, 2.45) is 7.05 Å². The lowest BCUT2D eigenvalue weighted by Gasteiger charge is -2.33. The summed E-state index contributed by atoms with van der Waals surface area (Å²) in [5.74, 6) is 1.18. The SMILES string of the molecule is Cn1cnnc1C1CCCN(C(=O)OC(C)(C)C)C1. The summed E-state index contributed by atoms with van der Waals surface area (Å²) >= 11 is 0. The molecule has 2 rings (SSSR count). The normalized spacial score (nSPS) is 20.4. The maximum atomic E-state index is 12.1. The molecule has 0 aliphatic carbocycles. The van der Waals surface area contributed by atoms with Crippen LogP contribution in [-0.4, -0.2) is 44.4 Å². The van der Waals surface area contributed by atoms with E-state index < -0.39 is 5.60 Å². The molecule has 1 atom stereocenters. The number of likely N-dealkylation sites (tertiary alicyclic amines) is 1. The number of carbonyl (C=O) groups excluding carboxylic acids is 1. The zero-order chi connectivity index (χ0) is 14.0. The van der Waals surface area contributed by atoms with Crippen LogP contribution < -0.4 is 0 Å². The van der Waals surface area contributed by atoms with Crippen LogP contribution in [-0.2, 0) is 11.8 Å². The van der Waals surface area contributed by atoms with Crippen LogP contribution in [0.2, 0.25) is 0 Å². The summed E-state index contributed by atoms with van der Waals surface area (Å²) in [6.07, 6.45) is 3.46. The van der Waals surface area contributed by atoms with Gasteiger partial charge in [0.1, 0.15) is 17.8 Å². The number of amides is 1. The van der Waals surface area contributed by atoms with Gasteiger partial charge in [0.05, 0.1) is 0 Å². The third-order valence-electron chi connectivity index (χ3n) is 3.18. The molecule has 1 aliphatic heterocycles. The fraction of sp³-hybridized carbons (Fsp3) is 0.769. The number of nitrogens with zero attached hydrogens (tertiary/aromatic N) is 4. The van der Waals surface area contributed by atoms with Gasteiger partial charge in [0.2, 0.25) is 0 Å². The average Bonchev–Trinajstić information content (AvgIpc) is 2.73. The fourth-order valence-electron chi connectivity index (χ4n) is 2.34. The van der Waals surface area contributed by atoms with E-state index in [2.05, 4.69) is 10.2 Å². The van der Waals surface area contributed by atoms with Crippen LogP contribution in [0.25, 0.3) is 0 Å². The molecule has 0 bridgehead atoms. The van der Waals surface area contributed by atoms with Crippen LogP contribution in [0.4, 0.5) is 4.79 Å². The number of aryl methyl sites for hydroxylation is 1. The van der Waals surface area contributed by atoms with Crippen LogP contribution in [0.15, 0.2) is 6.33 Å². The molecule has 0 N–H and O–H groups in total. The molecule has 106 valence electrons. The van der Waals surface area contributed by atoms with Gasteiger partial charge in [-0.25, -0.2) is 4.79 Å². The molecule has 0 saturated carbocycles. The first-order valence-electron chi connectivity index (χ1n) is 6.68. The molecule has 0 radical (unpaired) electrons. The molecule has 1 aliphatic rings. The first kappa shape index (κ1) is 13.8. The van der Waals surface area contributed by atoms with Gasteiger partial charge in [-0.05, 0) is 33.6 Å². The lowest BCUT2D eigenvalue weighted by molar-refractivity contribution is 0.0195. The van der Waals surface area contributed by atoms with Gasteiger partial charge in [0.25, 0.3) is 0 Å². The van der Waals surface area contributed by atoms with E-state index in [1.165, 1.54) is 0 Å². The van der Waals surface area contributed by atoms with Crippen molar-refractivity contribution >= 4 is 6.09 Å². The quantitative estimate of drug-likeness (QED) is 0.779. The van der Waals surface area contributed by atoms with Crippen molar-refractivity contribution in [2.75, 3.05) is 13.1 Å². The maximum Gasteiger partial charge on any atom is 0.410 e. The second-order valence-electron chi connectivity index (χ2n) is 6.07.